The minimum atomic E-state index is -0.483. The Balaban J connectivity index is 1.63. The zero-order valence-corrected chi connectivity index (χ0v) is 12.7. The molecule has 4 nitrogen and oxygen atoms in total. The molecule has 3 aromatic rings. The van der Waals surface area contributed by atoms with Crippen molar-refractivity contribution < 1.29 is 18.7 Å². The lowest BCUT2D eigenvalue weighted by Crippen LogP contribution is -2.03. The second-order valence-electron chi connectivity index (χ2n) is 4.95. The predicted molar refractivity (Wildman–Crippen MR) is 86.3 cm³/mol. The number of furan rings is 1. The first kappa shape index (κ1) is 14.9. The van der Waals surface area contributed by atoms with E-state index in [4.69, 9.17) is 13.9 Å². The van der Waals surface area contributed by atoms with Crippen LogP contribution in [-0.4, -0.2) is 13.1 Å². The van der Waals surface area contributed by atoms with E-state index in [9.17, 15) is 4.79 Å². The van der Waals surface area contributed by atoms with Gasteiger partial charge < -0.3 is 13.9 Å². The van der Waals surface area contributed by atoms with Crippen LogP contribution in [0.25, 0.3) is 11.3 Å². The number of carbonyl (C=O) groups excluding carboxylic acids is 1. The fourth-order valence-corrected chi connectivity index (χ4v) is 2.15. The summed E-state index contributed by atoms with van der Waals surface area (Å²) in [5.74, 6) is 1.11. The lowest BCUT2D eigenvalue weighted by atomic mass is 10.2. The largest absolute Gasteiger partial charge is 0.497 e. The zero-order chi connectivity index (χ0) is 16.1. The summed E-state index contributed by atoms with van der Waals surface area (Å²) in [6.45, 7) is 0.185. The fourth-order valence-electron chi connectivity index (χ4n) is 2.15. The molecule has 0 fully saturated rings. The average Bonchev–Trinajstić information content (AvgIpc) is 3.11. The molecule has 0 saturated carbocycles. The first-order chi connectivity index (χ1) is 11.3. The van der Waals surface area contributed by atoms with E-state index in [0.717, 1.165) is 16.9 Å². The maximum atomic E-state index is 12.0. The molecule has 0 bridgehead atoms. The van der Waals surface area contributed by atoms with Gasteiger partial charge in [0, 0.05) is 5.56 Å². The van der Waals surface area contributed by atoms with Crippen LogP contribution in [0.15, 0.2) is 71.1 Å². The first-order valence-corrected chi connectivity index (χ1v) is 7.21. The van der Waals surface area contributed by atoms with Gasteiger partial charge in [-0.15, -0.1) is 0 Å². The summed E-state index contributed by atoms with van der Waals surface area (Å²) in [6, 6.07) is 20.3. The Labute approximate surface area is 134 Å². The van der Waals surface area contributed by atoms with E-state index in [1.165, 1.54) is 0 Å². The van der Waals surface area contributed by atoms with Crippen molar-refractivity contribution in [1.29, 1.82) is 0 Å². The van der Waals surface area contributed by atoms with E-state index in [2.05, 4.69) is 0 Å². The standard InChI is InChI=1S/C19H16O4/c1-21-16-9-7-14(8-10-16)13-22-19(20)18-12-11-17(23-18)15-5-3-2-4-6-15/h2-12H,13H2,1H3. The van der Waals surface area contributed by atoms with E-state index >= 15 is 0 Å². The summed E-state index contributed by atoms with van der Waals surface area (Å²) in [7, 11) is 1.61. The van der Waals surface area contributed by atoms with E-state index in [-0.39, 0.29) is 12.4 Å². The smallest absolute Gasteiger partial charge is 0.374 e. The molecule has 4 heteroatoms. The molecular formula is C19H16O4. The topological polar surface area (TPSA) is 48.7 Å². The van der Waals surface area contributed by atoms with E-state index in [1.807, 2.05) is 54.6 Å². The van der Waals surface area contributed by atoms with Crippen molar-refractivity contribution in [3.63, 3.8) is 0 Å². The van der Waals surface area contributed by atoms with Crippen LogP contribution in [0.3, 0.4) is 0 Å². The minimum absolute atomic E-state index is 0.185. The molecule has 2 aromatic carbocycles. The highest BCUT2D eigenvalue weighted by molar-refractivity contribution is 5.87. The van der Waals surface area contributed by atoms with E-state index in [0.29, 0.717) is 5.76 Å². The van der Waals surface area contributed by atoms with Gasteiger partial charge in [-0.1, -0.05) is 42.5 Å². The predicted octanol–water partition coefficient (Wildman–Crippen LogP) is 4.31. The number of methoxy groups -OCH3 is 1. The third-order valence-corrected chi connectivity index (χ3v) is 3.39. The van der Waals surface area contributed by atoms with Crippen molar-refractivity contribution in [2.24, 2.45) is 0 Å². The molecular weight excluding hydrogens is 292 g/mol. The second-order valence-corrected chi connectivity index (χ2v) is 4.95. The molecule has 0 atom stereocenters. The fraction of sp³-hybridized carbons (Fsp3) is 0.105. The third-order valence-electron chi connectivity index (χ3n) is 3.39. The van der Waals surface area contributed by atoms with E-state index < -0.39 is 5.97 Å². The molecule has 0 aliphatic carbocycles. The van der Waals surface area contributed by atoms with Crippen LogP contribution in [0.4, 0.5) is 0 Å². The molecule has 0 N–H and O–H groups in total. The number of benzene rings is 2. The van der Waals surface area contributed by atoms with Crippen molar-refractivity contribution in [2.75, 3.05) is 7.11 Å². The summed E-state index contributed by atoms with van der Waals surface area (Å²) in [6.07, 6.45) is 0. The van der Waals surface area contributed by atoms with Crippen molar-refractivity contribution in [3.05, 3.63) is 78.1 Å². The molecule has 0 unspecified atom stereocenters. The zero-order valence-electron chi connectivity index (χ0n) is 12.7. The van der Waals surface area contributed by atoms with Crippen LogP contribution < -0.4 is 4.74 Å². The van der Waals surface area contributed by atoms with Crippen LogP contribution in [0.2, 0.25) is 0 Å². The lowest BCUT2D eigenvalue weighted by molar-refractivity contribution is 0.0437. The number of hydrogen-bond donors (Lipinski definition) is 0. The van der Waals surface area contributed by atoms with Gasteiger partial charge in [0.15, 0.2) is 0 Å². The van der Waals surface area contributed by atoms with Crippen LogP contribution in [0.1, 0.15) is 16.1 Å². The summed E-state index contributed by atoms with van der Waals surface area (Å²) in [5.41, 5.74) is 1.80. The Morgan fingerprint density at radius 1 is 0.957 bits per heavy atom. The SMILES string of the molecule is COc1ccc(COC(=O)c2ccc(-c3ccccc3)o2)cc1. The van der Waals surface area contributed by atoms with Gasteiger partial charge in [0.2, 0.25) is 5.76 Å². The van der Waals surface area contributed by atoms with Crippen LogP contribution >= 0.6 is 0 Å². The van der Waals surface area contributed by atoms with Gasteiger partial charge in [-0.05, 0) is 29.8 Å². The summed E-state index contributed by atoms with van der Waals surface area (Å²) >= 11 is 0. The molecule has 0 spiro atoms. The highest BCUT2D eigenvalue weighted by Crippen LogP contribution is 2.22. The Morgan fingerprint density at radius 2 is 1.70 bits per heavy atom. The maximum absolute atomic E-state index is 12.0. The molecule has 0 aliphatic rings. The Morgan fingerprint density at radius 3 is 2.39 bits per heavy atom. The second kappa shape index (κ2) is 6.83. The van der Waals surface area contributed by atoms with Crippen LogP contribution in [-0.2, 0) is 11.3 Å². The highest BCUT2D eigenvalue weighted by atomic mass is 16.5. The average molecular weight is 308 g/mol. The summed E-state index contributed by atoms with van der Waals surface area (Å²) in [5, 5.41) is 0. The third kappa shape index (κ3) is 3.61. The Kier molecular flexibility index (Phi) is 4.43. The van der Waals surface area contributed by atoms with Gasteiger partial charge >= 0.3 is 5.97 Å². The van der Waals surface area contributed by atoms with Crippen molar-refractivity contribution in [1.82, 2.24) is 0 Å². The molecule has 0 aliphatic heterocycles. The van der Waals surface area contributed by atoms with Crippen LogP contribution in [0.5, 0.6) is 5.75 Å². The number of rotatable bonds is 5. The van der Waals surface area contributed by atoms with E-state index in [1.54, 1.807) is 19.2 Å². The quantitative estimate of drug-likeness (QED) is 0.659. The number of hydrogen-bond acceptors (Lipinski definition) is 4. The van der Waals surface area contributed by atoms with Crippen molar-refractivity contribution >= 4 is 5.97 Å². The van der Waals surface area contributed by atoms with Crippen molar-refractivity contribution in [2.45, 2.75) is 6.61 Å². The van der Waals surface area contributed by atoms with Gasteiger partial charge in [0.05, 0.1) is 7.11 Å². The summed E-state index contributed by atoms with van der Waals surface area (Å²) in [4.78, 5) is 12.0. The molecule has 0 amide bonds. The van der Waals surface area contributed by atoms with Gasteiger partial charge in [-0.2, -0.15) is 0 Å². The number of carbonyl (C=O) groups is 1. The first-order valence-electron chi connectivity index (χ1n) is 7.21. The lowest BCUT2D eigenvalue weighted by Gasteiger charge is -2.04. The minimum Gasteiger partial charge on any atom is -0.497 e. The van der Waals surface area contributed by atoms with Crippen molar-refractivity contribution in [3.8, 4) is 17.1 Å². The summed E-state index contributed by atoms with van der Waals surface area (Å²) < 4.78 is 15.9. The molecule has 3 rings (SSSR count). The molecule has 23 heavy (non-hydrogen) atoms. The molecule has 0 saturated heterocycles. The van der Waals surface area contributed by atoms with Gasteiger partial charge in [0.25, 0.3) is 0 Å². The maximum Gasteiger partial charge on any atom is 0.374 e. The molecule has 116 valence electrons. The monoisotopic (exact) mass is 308 g/mol. The van der Waals surface area contributed by atoms with Gasteiger partial charge in [0.1, 0.15) is 18.1 Å². The Bertz CT molecular complexity index is 773. The number of esters is 1. The normalized spacial score (nSPS) is 10.3. The van der Waals surface area contributed by atoms with Gasteiger partial charge in [-0.25, -0.2) is 4.79 Å². The number of ether oxygens (including phenoxy) is 2. The highest BCUT2D eigenvalue weighted by Gasteiger charge is 2.13. The molecule has 1 heterocycles. The Hall–Kier alpha value is -3.01. The molecule has 0 radical (unpaired) electrons. The van der Waals surface area contributed by atoms with Crippen LogP contribution in [0, 0.1) is 0 Å². The molecule has 1 aromatic heterocycles. The van der Waals surface area contributed by atoms with Gasteiger partial charge in [-0.3, -0.25) is 0 Å².